The summed E-state index contributed by atoms with van der Waals surface area (Å²) in [7, 11) is 0. The van der Waals surface area contributed by atoms with E-state index in [9.17, 15) is 9.59 Å². The van der Waals surface area contributed by atoms with Crippen molar-refractivity contribution >= 4 is 23.1 Å². The van der Waals surface area contributed by atoms with Gasteiger partial charge in [0, 0.05) is 12.2 Å². The molecule has 3 aromatic rings. The number of nitrogens with zero attached hydrogens (tertiary/aromatic N) is 1. The first-order chi connectivity index (χ1) is 15.2. The zero-order valence-electron chi connectivity index (χ0n) is 17.4. The lowest BCUT2D eigenvalue weighted by Crippen LogP contribution is -2.34. The number of nitrogens with one attached hydrogen (secondary N) is 1. The Balaban J connectivity index is 1.62. The van der Waals surface area contributed by atoms with Gasteiger partial charge in [0.15, 0.2) is 0 Å². The van der Waals surface area contributed by atoms with E-state index in [0.29, 0.717) is 30.8 Å². The molecule has 1 aliphatic rings. The van der Waals surface area contributed by atoms with Gasteiger partial charge in [-0.2, -0.15) is 0 Å². The van der Waals surface area contributed by atoms with Crippen molar-refractivity contribution in [3.05, 3.63) is 102 Å². The van der Waals surface area contributed by atoms with E-state index >= 15 is 0 Å². The van der Waals surface area contributed by atoms with Crippen molar-refractivity contribution in [2.45, 2.75) is 13.3 Å². The van der Waals surface area contributed by atoms with Crippen LogP contribution in [0.2, 0.25) is 0 Å². The molecule has 1 heterocycles. The molecular formula is C26H24N2O3. The third kappa shape index (κ3) is 4.51. The first-order valence-corrected chi connectivity index (χ1v) is 10.4. The van der Waals surface area contributed by atoms with Gasteiger partial charge in [0.1, 0.15) is 11.4 Å². The highest BCUT2D eigenvalue weighted by Crippen LogP contribution is 2.31. The number of benzene rings is 3. The van der Waals surface area contributed by atoms with Gasteiger partial charge in [-0.15, -0.1) is 0 Å². The van der Waals surface area contributed by atoms with Crippen molar-refractivity contribution in [1.82, 2.24) is 4.90 Å². The van der Waals surface area contributed by atoms with Crippen molar-refractivity contribution in [1.29, 1.82) is 0 Å². The van der Waals surface area contributed by atoms with Crippen LogP contribution in [0.4, 0.5) is 5.69 Å². The van der Waals surface area contributed by atoms with Crippen LogP contribution in [-0.4, -0.2) is 29.9 Å². The summed E-state index contributed by atoms with van der Waals surface area (Å²) in [4.78, 5) is 27.8. The van der Waals surface area contributed by atoms with Crippen LogP contribution in [0.5, 0.6) is 5.75 Å². The fourth-order valence-electron chi connectivity index (χ4n) is 3.60. The molecule has 0 unspecified atom stereocenters. The van der Waals surface area contributed by atoms with Crippen LogP contribution in [0.3, 0.4) is 0 Å². The topological polar surface area (TPSA) is 58.6 Å². The molecule has 0 aromatic heterocycles. The summed E-state index contributed by atoms with van der Waals surface area (Å²) in [5, 5.41) is 3.18. The summed E-state index contributed by atoms with van der Waals surface area (Å²) >= 11 is 0. The normalized spacial score (nSPS) is 13.6. The molecule has 5 heteroatoms. The lowest BCUT2D eigenvalue weighted by molar-refractivity contribution is -0.136. The Kier molecular flexibility index (Phi) is 6.13. The van der Waals surface area contributed by atoms with E-state index in [1.807, 2.05) is 91.9 Å². The van der Waals surface area contributed by atoms with E-state index in [2.05, 4.69) is 5.32 Å². The quantitative estimate of drug-likeness (QED) is 0.553. The molecule has 0 atom stereocenters. The molecule has 1 aliphatic heterocycles. The highest BCUT2D eigenvalue weighted by molar-refractivity contribution is 6.36. The third-order valence-corrected chi connectivity index (χ3v) is 5.13. The lowest BCUT2D eigenvalue weighted by atomic mass is 10.0. The molecule has 2 amide bonds. The standard InChI is InChI=1S/C26H24N2O3/c1-2-31-22-15-13-21(14-16-22)27-24-23(20-11-7-4-8-12-20)25(29)28(26(24)30)18-17-19-9-5-3-6-10-19/h3-16,27H,2,17-18H2,1H3. The van der Waals surface area contributed by atoms with E-state index in [1.54, 1.807) is 0 Å². The maximum Gasteiger partial charge on any atom is 0.278 e. The van der Waals surface area contributed by atoms with Gasteiger partial charge >= 0.3 is 0 Å². The van der Waals surface area contributed by atoms with Gasteiger partial charge in [-0.25, -0.2) is 0 Å². The Morgan fingerprint density at radius 3 is 2.10 bits per heavy atom. The fourth-order valence-corrected chi connectivity index (χ4v) is 3.60. The zero-order chi connectivity index (χ0) is 21.6. The van der Waals surface area contributed by atoms with Gasteiger partial charge in [-0.1, -0.05) is 60.7 Å². The summed E-state index contributed by atoms with van der Waals surface area (Å²) in [6.45, 7) is 2.84. The second-order valence-corrected chi connectivity index (χ2v) is 7.20. The van der Waals surface area contributed by atoms with E-state index in [-0.39, 0.29) is 11.8 Å². The largest absolute Gasteiger partial charge is 0.494 e. The number of hydrogen-bond donors (Lipinski definition) is 1. The van der Waals surface area contributed by atoms with Crippen LogP contribution in [0.15, 0.2) is 90.6 Å². The molecule has 0 fully saturated rings. The molecule has 0 spiro atoms. The third-order valence-electron chi connectivity index (χ3n) is 5.13. The Morgan fingerprint density at radius 2 is 1.45 bits per heavy atom. The minimum Gasteiger partial charge on any atom is -0.494 e. The number of rotatable bonds is 8. The van der Waals surface area contributed by atoms with E-state index in [4.69, 9.17) is 4.74 Å². The molecule has 1 N–H and O–H groups in total. The number of anilines is 1. The summed E-state index contributed by atoms with van der Waals surface area (Å²) in [6.07, 6.45) is 0.608. The maximum absolute atomic E-state index is 13.3. The van der Waals surface area contributed by atoms with Crippen LogP contribution in [0, 0.1) is 0 Å². The molecule has 0 saturated carbocycles. The van der Waals surface area contributed by atoms with Gasteiger partial charge in [0.2, 0.25) is 0 Å². The minimum absolute atomic E-state index is 0.277. The first-order valence-electron chi connectivity index (χ1n) is 10.4. The van der Waals surface area contributed by atoms with Crippen molar-refractivity contribution in [3.63, 3.8) is 0 Å². The Morgan fingerprint density at radius 1 is 0.806 bits per heavy atom. The number of imide groups is 1. The van der Waals surface area contributed by atoms with Crippen molar-refractivity contribution in [2.24, 2.45) is 0 Å². The Labute approximate surface area is 182 Å². The number of carbonyl (C=O) groups is 2. The fraction of sp³-hybridized carbons (Fsp3) is 0.154. The molecule has 4 rings (SSSR count). The van der Waals surface area contributed by atoms with Gasteiger partial charge < -0.3 is 10.1 Å². The smallest absolute Gasteiger partial charge is 0.278 e. The Hall–Kier alpha value is -3.86. The van der Waals surface area contributed by atoms with Gasteiger partial charge in [0.05, 0.1) is 12.2 Å². The average Bonchev–Trinajstić information content (AvgIpc) is 3.04. The minimum atomic E-state index is -0.311. The number of hydrogen-bond acceptors (Lipinski definition) is 4. The highest BCUT2D eigenvalue weighted by Gasteiger charge is 2.38. The van der Waals surface area contributed by atoms with Gasteiger partial charge in [-0.05, 0) is 48.7 Å². The van der Waals surface area contributed by atoms with Gasteiger partial charge in [0.25, 0.3) is 11.8 Å². The predicted octanol–water partition coefficient (Wildman–Crippen LogP) is 4.52. The average molecular weight is 412 g/mol. The highest BCUT2D eigenvalue weighted by atomic mass is 16.5. The second-order valence-electron chi connectivity index (χ2n) is 7.20. The van der Waals surface area contributed by atoms with Gasteiger partial charge in [-0.3, -0.25) is 14.5 Å². The molecule has 0 radical (unpaired) electrons. The predicted molar refractivity (Wildman–Crippen MR) is 121 cm³/mol. The van der Waals surface area contributed by atoms with Crippen LogP contribution >= 0.6 is 0 Å². The summed E-state index contributed by atoms with van der Waals surface area (Å²) < 4.78 is 5.48. The van der Waals surface area contributed by atoms with Crippen LogP contribution < -0.4 is 10.1 Å². The number of amides is 2. The van der Waals surface area contributed by atoms with Crippen LogP contribution in [0.1, 0.15) is 18.1 Å². The van der Waals surface area contributed by atoms with E-state index < -0.39 is 0 Å². The maximum atomic E-state index is 13.3. The number of carbonyl (C=O) groups excluding carboxylic acids is 2. The monoisotopic (exact) mass is 412 g/mol. The van der Waals surface area contributed by atoms with Crippen molar-refractivity contribution < 1.29 is 14.3 Å². The summed E-state index contributed by atoms with van der Waals surface area (Å²) in [5.41, 5.74) is 3.22. The molecule has 0 aliphatic carbocycles. The van der Waals surface area contributed by atoms with Crippen LogP contribution in [-0.2, 0) is 16.0 Å². The molecule has 3 aromatic carbocycles. The Bertz CT molecular complexity index is 1090. The summed E-state index contributed by atoms with van der Waals surface area (Å²) in [6, 6.07) is 26.5. The molecule has 0 bridgehead atoms. The van der Waals surface area contributed by atoms with Crippen molar-refractivity contribution in [2.75, 3.05) is 18.5 Å². The van der Waals surface area contributed by atoms with Crippen molar-refractivity contribution in [3.8, 4) is 5.75 Å². The van der Waals surface area contributed by atoms with Crippen LogP contribution in [0.25, 0.3) is 5.57 Å². The molecule has 156 valence electrons. The molecule has 31 heavy (non-hydrogen) atoms. The number of ether oxygens (including phenoxy) is 1. The molecule has 0 saturated heterocycles. The second kappa shape index (κ2) is 9.30. The zero-order valence-corrected chi connectivity index (χ0v) is 17.4. The lowest BCUT2D eigenvalue weighted by Gasteiger charge is -2.15. The SMILES string of the molecule is CCOc1ccc(NC2=C(c3ccccc3)C(=O)N(CCc3ccccc3)C2=O)cc1. The molecule has 5 nitrogen and oxygen atoms in total. The van der Waals surface area contributed by atoms with E-state index in [1.165, 1.54) is 4.90 Å². The summed E-state index contributed by atoms with van der Waals surface area (Å²) in [5.74, 6) is 0.165. The molecular weight excluding hydrogens is 388 g/mol. The first kappa shape index (κ1) is 20.4. The van der Waals surface area contributed by atoms with E-state index in [0.717, 1.165) is 22.6 Å².